The molecule has 0 aliphatic heterocycles. The van der Waals surface area contributed by atoms with Crippen molar-refractivity contribution >= 4 is 6.09 Å². The quantitative estimate of drug-likeness (QED) is 0.657. The van der Waals surface area contributed by atoms with Crippen LogP contribution in [0.15, 0.2) is 0 Å². The van der Waals surface area contributed by atoms with Crippen LogP contribution in [0, 0.1) is 0 Å². The van der Waals surface area contributed by atoms with E-state index in [1.807, 2.05) is 20.8 Å². The number of nitrogens with zero attached hydrogens (tertiary/aromatic N) is 1. The lowest BCUT2D eigenvalue weighted by Crippen LogP contribution is -2.34. The molecule has 0 saturated carbocycles. The van der Waals surface area contributed by atoms with Crippen LogP contribution in [0.5, 0.6) is 0 Å². The Morgan fingerprint density at radius 2 is 1.80 bits per heavy atom. The van der Waals surface area contributed by atoms with Gasteiger partial charge in [0.2, 0.25) is 0 Å². The number of carbonyl (C=O) groups is 1. The van der Waals surface area contributed by atoms with E-state index in [0.717, 1.165) is 13.0 Å². The van der Waals surface area contributed by atoms with Gasteiger partial charge >= 0.3 is 6.09 Å². The highest BCUT2D eigenvalue weighted by Gasteiger charge is 2.18. The van der Waals surface area contributed by atoms with E-state index >= 15 is 0 Å². The van der Waals surface area contributed by atoms with Gasteiger partial charge in [0.05, 0.1) is 0 Å². The molecule has 15 heavy (non-hydrogen) atoms. The fraction of sp³-hybridized carbons (Fsp3) is 0.917. The predicted octanol–water partition coefficient (Wildman–Crippen LogP) is 3.43. The topological polar surface area (TPSA) is 29.5 Å². The highest BCUT2D eigenvalue weighted by molar-refractivity contribution is 5.67. The second kappa shape index (κ2) is 6.70. The first-order valence-electron chi connectivity index (χ1n) is 5.81. The summed E-state index contributed by atoms with van der Waals surface area (Å²) >= 11 is 0. The van der Waals surface area contributed by atoms with E-state index < -0.39 is 5.60 Å². The zero-order valence-electron chi connectivity index (χ0n) is 10.8. The van der Waals surface area contributed by atoms with Crippen LogP contribution in [0.3, 0.4) is 0 Å². The van der Waals surface area contributed by atoms with Crippen LogP contribution >= 0.6 is 0 Å². The number of rotatable bonds is 5. The highest BCUT2D eigenvalue weighted by Crippen LogP contribution is 2.09. The lowest BCUT2D eigenvalue weighted by Gasteiger charge is -2.24. The molecule has 0 aromatic carbocycles. The molecule has 3 heteroatoms. The minimum atomic E-state index is -0.394. The van der Waals surface area contributed by atoms with Gasteiger partial charge in [-0.3, -0.25) is 0 Å². The molecule has 0 radical (unpaired) electrons. The number of amides is 1. The van der Waals surface area contributed by atoms with Crippen molar-refractivity contribution < 1.29 is 9.53 Å². The molecule has 0 atom stereocenters. The molecular weight excluding hydrogens is 190 g/mol. The molecule has 0 aromatic heterocycles. The molecule has 90 valence electrons. The normalized spacial score (nSPS) is 11.3. The Morgan fingerprint density at radius 1 is 1.20 bits per heavy atom. The number of hydrogen-bond donors (Lipinski definition) is 0. The van der Waals surface area contributed by atoms with E-state index in [1.54, 1.807) is 11.9 Å². The van der Waals surface area contributed by atoms with Crippen molar-refractivity contribution in [3.63, 3.8) is 0 Å². The molecule has 0 rings (SSSR count). The van der Waals surface area contributed by atoms with E-state index in [4.69, 9.17) is 4.74 Å². The Hall–Kier alpha value is -0.730. The zero-order chi connectivity index (χ0) is 11.9. The molecule has 0 N–H and O–H groups in total. The van der Waals surface area contributed by atoms with Gasteiger partial charge in [-0.15, -0.1) is 0 Å². The second-order valence-corrected chi connectivity index (χ2v) is 4.96. The minimum absolute atomic E-state index is 0.223. The first-order valence-corrected chi connectivity index (χ1v) is 5.81. The molecule has 0 saturated heterocycles. The summed E-state index contributed by atoms with van der Waals surface area (Å²) in [5.41, 5.74) is -0.394. The SMILES string of the molecule is CCCCCCN(C)C(=O)OC(C)(C)C. The standard InChI is InChI=1S/C12H25NO2/c1-6-7-8-9-10-13(5)11(14)15-12(2,3)4/h6-10H2,1-5H3. The molecule has 0 heterocycles. The third kappa shape index (κ3) is 8.28. The molecule has 0 aliphatic carbocycles. The largest absolute Gasteiger partial charge is 0.444 e. The maximum Gasteiger partial charge on any atom is 0.410 e. The summed E-state index contributed by atoms with van der Waals surface area (Å²) < 4.78 is 5.24. The first kappa shape index (κ1) is 14.3. The Morgan fingerprint density at radius 3 is 2.27 bits per heavy atom. The van der Waals surface area contributed by atoms with Crippen molar-refractivity contribution in [2.75, 3.05) is 13.6 Å². The summed E-state index contributed by atoms with van der Waals surface area (Å²) in [5.74, 6) is 0. The van der Waals surface area contributed by atoms with Crippen LogP contribution in [0.1, 0.15) is 53.4 Å². The van der Waals surface area contributed by atoms with Gasteiger partial charge in [-0.2, -0.15) is 0 Å². The van der Waals surface area contributed by atoms with Crippen LogP contribution in [0.25, 0.3) is 0 Å². The molecule has 0 fully saturated rings. The van der Waals surface area contributed by atoms with Crippen LogP contribution < -0.4 is 0 Å². The van der Waals surface area contributed by atoms with E-state index in [-0.39, 0.29) is 6.09 Å². The van der Waals surface area contributed by atoms with Crippen molar-refractivity contribution in [2.24, 2.45) is 0 Å². The summed E-state index contributed by atoms with van der Waals surface area (Å²) in [5, 5.41) is 0. The van der Waals surface area contributed by atoms with Gasteiger partial charge < -0.3 is 9.64 Å². The molecule has 0 aromatic rings. The average molecular weight is 215 g/mol. The van der Waals surface area contributed by atoms with Crippen molar-refractivity contribution in [1.82, 2.24) is 4.90 Å². The average Bonchev–Trinajstić information content (AvgIpc) is 2.09. The first-order chi connectivity index (χ1) is 6.87. The van der Waals surface area contributed by atoms with Gasteiger partial charge in [0.25, 0.3) is 0 Å². The molecule has 0 spiro atoms. The molecule has 0 aliphatic rings. The van der Waals surface area contributed by atoms with Gasteiger partial charge in [0.15, 0.2) is 0 Å². The van der Waals surface area contributed by atoms with Crippen molar-refractivity contribution in [2.45, 2.75) is 59.0 Å². The van der Waals surface area contributed by atoms with Gasteiger partial charge in [-0.05, 0) is 27.2 Å². The maximum atomic E-state index is 11.5. The fourth-order valence-electron chi connectivity index (χ4n) is 1.21. The third-order valence-electron chi connectivity index (χ3n) is 2.05. The van der Waals surface area contributed by atoms with Crippen LogP contribution in [0.4, 0.5) is 4.79 Å². The summed E-state index contributed by atoms with van der Waals surface area (Å²) in [6.45, 7) is 8.62. The summed E-state index contributed by atoms with van der Waals surface area (Å²) in [6.07, 6.45) is 4.48. The van der Waals surface area contributed by atoms with Crippen molar-refractivity contribution in [3.8, 4) is 0 Å². The van der Waals surface area contributed by atoms with E-state index in [2.05, 4.69) is 6.92 Å². The van der Waals surface area contributed by atoms with Gasteiger partial charge in [0.1, 0.15) is 5.60 Å². The number of hydrogen-bond acceptors (Lipinski definition) is 2. The van der Waals surface area contributed by atoms with Crippen LogP contribution in [0.2, 0.25) is 0 Å². The summed E-state index contributed by atoms with van der Waals surface area (Å²) in [4.78, 5) is 13.2. The van der Waals surface area contributed by atoms with Crippen LogP contribution in [-0.4, -0.2) is 30.2 Å². The molecule has 0 bridgehead atoms. The smallest absolute Gasteiger partial charge is 0.410 e. The third-order valence-corrected chi connectivity index (χ3v) is 2.05. The maximum absolute atomic E-state index is 11.5. The zero-order valence-corrected chi connectivity index (χ0v) is 10.8. The lowest BCUT2D eigenvalue weighted by atomic mass is 10.2. The number of ether oxygens (including phenoxy) is 1. The van der Waals surface area contributed by atoms with E-state index in [9.17, 15) is 4.79 Å². The number of carbonyl (C=O) groups excluding carboxylic acids is 1. The molecule has 0 unspecified atom stereocenters. The van der Waals surface area contributed by atoms with Gasteiger partial charge in [0, 0.05) is 13.6 Å². The van der Waals surface area contributed by atoms with Crippen molar-refractivity contribution in [3.05, 3.63) is 0 Å². The van der Waals surface area contributed by atoms with Gasteiger partial charge in [-0.25, -0.2) is 4.79 Å². The minimum Gasteiger partial charge on any atom is -0.444 e. The molecule has 3 nitrogen and oxygen atoms in total. The van der Waals surface area contributed by atoms with Gasteiger partial charge in [-0.1, -0.05) is 26.2 Å². The second-order valence-electron chi connectivity index (χ2n) is 4.96. The van der Waals surface area contributed by atoms with Crippen LogP contribution in [-0.2, 0) is 4.74 Å². The Kier molecular flexibility index (Phi) is 6.37. The predicted molar refractivity (Wildman–Crippen MR) is 63.0 cm³/mol. The summed E-state index contributed by atoms with van der Waals surface area (Å²) in [7, 11) is 1.79. The molecule has 1 amide bonds. The lowest BCUT2D eigenvalue weighted by molar-refractivity contribution is 0.0296. The fourth-order valence-corrected chi connectivity index (χ4v) is 1.21. The Bertz CT molecular complexity index is 185. The van der Waals surface area contributed by atoms with E-state index in [0.29, 0.717) is 0 Å². The molecular formula is C12H25NO2. The van der Waals surface area contributed by atoms with Crippen molar-refractivity contribution in [1.29, 1.82) is 0 Å². The Labute approximate surface area is 93.8 Å². The summed E-state index contributed by atoms with van der Waals surface area (Å²) in [6, 6.07) is 0. The number of unbranched alkanes of at least 4 members (excludes halogenated alkanes) is 3. The Balaban J connectivity index is 3.70. The highest BCUT2D eigenvalue weighted by atomic mass is 16.6. The monoisotopic (exact) mass is 215 g/mol. The van der Waals surface area contributed by atoms with E-state index in [1.165, 1.54) is 19.3 Å².